The Bertz CT molecular complexity index is 284. The van der Waals surface area contributed by atoms with Gasteiger partial charge in [0.1, 0.15) is 0 Å². The predicted octanol–water partition coefficient (Wildman–Crippen LogP) is 2.99. The van der Waals surface area contributed by atoms with Crippen LogP contribution < -0.4 is 5.32 Å². The normalized spacial score (nSPS) is 17.1. The lowest BCUT2D eigenvalue weighted by molar-refractivity contribution is 0.208. The summed E-state index contributed by atoms with van der Waals surface area (Å²) in [7, 11) is 0. The molecule has 0 radical (unpaired) electrons. The van der Waals surface area contributed by atoms with E-state index in [2.05, 4.69) is 34.7 Å². The lowest BCUT2D eigenvalue weighted by Gasteiger charge is -2.29. The second-order valence-corrected chi connectivity index (χ2v) is 5.63. The molecule has 0 spiro atoms. The summed E-state index contributed by atoms with van der Waals surface area (Å²) in [5, 5.41) is 5.61. The van der Waals surface area contributed by atoms with Gasteiger partial charge in [-0.1, -0.05) is 13.0 Å². The molecule has 1 aliphatic heterocycles. The van der Waals surface area contributed by atoms with Crippen molar-refractivity contribution in [2.45, 2.75) is 26.3 Å². The fourth-order valence-electron chi connectivity index (χ4n) is 2.36. The Morgan fingerprint density at radius 2 is 2.18 bits per heavy atom. The lowest BCUT2D eigenvalue weighted by atomic mass is 9.97. The molecule has 1 saturated heterocycles. The van der Waals surface area contributed by atoms with Crippen molar-refractivity contribution in [3.05, 3.63) is 22.4 Å². The number of rotatable bonds is 5. The van der Waals surface area contributed by atoms with Crippen LogP contribution in [0.2, 0.25) is 0 Å². The van der Waals surface area contributed by atoms with Crippen LogP contribution in [0.3, 0.4) is 0 Å². The second kappa shape index (κ2) is 8.09. The first-order chi connectivity index (χ1) is 7.88. The number of halogens is 1. The van der Waals surface area contributed by atoms with Gasteiger partial charge < -0.3 is 5.32 Å². The van der Waals surface area contributed by atoms with E-state index in [-0.39, 0.29) is 12.4 Å². The van der Waals surface area contributed by atoms with Gasteiger partial charge in [0, 0.05) is 18.0 Å². The summed E-state index contributed by atoms with van der Waals surface area (Å²) in [5.41, 5.74) is 0. The number of nitrogens with one attached hydrogen (secondary N) is 1. The summed E-state index contributed by atoms with van der Waals surface area (Å²) in [6.45, 7) is 8.27. The first kappa shape index (κ1) is 15.0. The van der Waals surface area contributed by atoms with E-state index in [1.165, 1.54) is 43.9 Å². The molecule has 0 atom stereocenters. The third kappa shape index (κ3) is 4.96. The van der Waals surface area contributed by atoms with Crippen molar-refractivity contribution in [1.29, 1.82) is 0 Å². The van der Waals surface area contributed by atoms with Crippen molar-refractivity contribution < 1.29 is 0 Å². The second-order valence-electron chi connectivity index (χ2n) is 4.60. The molecule has 98 valence electrons. The fourth-order valence-corrected chi connectivity index (χ4v) is 3.10. The van der Waals surface area contributed by atoms with E-state index in [1.54, 1.807) is 0 Å². The van der Waals surface area contributed by atoms with Crippen LogP contribution in [-0.2, 0) is 6.54 Å². The van der Waals surface area contributed by atoms with Crippen LogP contribution in [0.4, 0.5) is 0 Å². The summed E-state index contributed by atoms with van der Waals surface area (Å²) in [4.78, 5) is 4.08. The van der Waals surface area contributed by atoms with Crippen molar-refractivity contribution in [3.8, 4) is 0 Å². The van der Waals surface area contributed by atoms with Crippen molar-refractivity contribution >= 4 is 23.7 Å². The van der Waals surface area contributed by atoms with Crippen molar-refractivity contribution in [2.24, 2.45) is 5.92 Å². The largest absolute Gasteiger partial charge is 0.317 e. The molecule has 0 amide bonds. The van der Waals surface area contributed by atoms with E-state index >= 15 is 0 Å². The van der Waals surface area contributed by atoms with Crippen LogP contribution in [0.25, 0.3) is 0 Å². The molecule has 4 heteroatoms. The molecule has 0 saturated carbocycles. The molecule has 1 N–H and O–H groups in total. The molecule has 1 fully saturated rings. The Hall–Kier alpha value is -0.0900. The summed E-state index contributed by atoms with van der Waals surface area (Å²) >= 11 is 1.87. The first-order valence-corrected chi connectivity index (χ1v) is 7.22. The van der Waals surface area contributed by atoms with Gasteiger partial charge in [-0.15, -0.1) is 23.7 Å². The predicted molar refractivity (Wildman–Crippen MR) is 78.1 cm³/mol. The zero-order valence-corrected chi connectivity index (χ0v) is 12.2. The number of piperidine rings is 1. The van der Waals surface area contributed by atoms with Crippen LogP contribution in [-0.4, -0.2) is 31.1 Å². The van der Waals surface area contributed by atoms with E-state index in [9.17, 15) is 0 Å². The number of nitrogens with zero attached hydrogens (tertiary/aromatic N) is 1. The fraction of sp³-hybridized carbons (Fsp3) is 0.692. The van der Waals surface area contributed by atoms with E-state index < -0.39 is 0 Å². The van der Waals surface area contributed by atoms with Crippen LogP contribution in [0.5, 0.6) is 0 Å². The van der Waals surface area contributed by atoms with Gasteiger partial charge in [-0.2, -0.15) is 0 Å². The molecule has 2 rings (SSSR count). The molecule has 0 aliphatic carbocycles. The monoisotopic (exact) mass is 274 g/mol. The van der Waals surface area contributed by atoms with E-state index in [0.29, 0.717) is 0 Å². The smallest absolute Gasteiger partial charge is 0.0327 e. The molecule has 1 aliphatic rings. The molecule has 1 aromatic heterocycles. The van der Waals surface area contributed by atoms with Crippen molar-refractivity contribution in [1.82, 2.24) is 10.2 Å². The Morgan fingerprint density at radius 1 is 1.41 bits per heavy atom. The molecule has 0 unspecified atom stereocenters. The topological polar surface area (TPSA) is 15.3 Å². The minimum Gasteiger partial charge on any atom is -0.317 e. The molecule has 2 nitrogen and oxygen atoms in total. The summed E-state index contributed by atoms with van der Waals surface area (Å²) < 4.78 is 0. The molecule has 1 aromatic rings. The van der Waals surface area contributed by atoms with Gasteiger partial charge in [0.15, 0.2) is 0 Å². The summed E-state index contributed by atoms with van der Waals surface area (Å²) in [6.07, 6.45) is 2.70. The number of thiophene rings is 1. The highest BCUT2D eigenvalue weighted by Gasteiger charge is 2.16. The average molecular weight is 275 g/mol. The van der Waals surface area contributed by atoms with E-state index in [4.69, 9.17) is 0 Å². The Morgan fingerprint density at radius 3 is 2.76 bits per heavy atom. The zero-order chi connectivity index (χ0) is 11.2. The van der Waals surface area contributed by atoms with Crippen LogP contribution >= 0.6 is 23.7 Å². The van der Waals surface area contributed by atoms with Gasteiger partial charge in [-0.3, -0.25) is 4.90 Å². The van der Waals surface area contributed by atoms with E-state index in [1.807, 2.05) is 11.3 Å². The average Bonchev–Trinajstić information content (AvgIpc) is 2.82. The zero-order valence-electron chi connectivity index (χ0n) is 10.5. The first-order valence-electron chi connectivity index (χ1n) is 6.34. The highest BCUT2D eigenvalue weighted by Crippen LogP contribution is 2.17. The van der Waals surface area contributed by atoms with Gasteiger partial charge in [-0.05, 0) is 49.8 Å². The lowest BCUT2D eigenvalue weighted by Crippen LogP contribution is -2.35. The quantitative estimate of drug-likeness (QED) is 0.888. The molecule has 0 bridgehead atoms. The van der Waals surface area contributed by atoms with E-state index in [0.717, 1.165) is 12.5 Å². The Balaban J connectivity index is 0.00000144. The van der Waals surface area contributed by atoms with Crippen molar-refractivity contribution in [2.75, 3.05) is 26.2 Å². The maximum absolute atomic E-state index is 3.44. The Kier molecular flexibility index (Phi) is 7.12. The summed E-state index contributed by atoms with van der Waals surface area (Å²) in [5.74, 6) is 0.904. The van der Waals surface area contributed by atoms with Crippen LogP contribution in [0.15, 0.2) is 17.5 Å². The minimum absolute atomic E-state index is 0. The van der Waals surface area contributed by atoms with Gasteiger partial charge >= 0.3 is 0 Å². The van der Waals surface area contributed by atoms with Crippen LogP contribution in [0, 0.1) is 5.92 Å². The summed E-state index contributed by atoms with van der Waals surface area (Å²) in [6, 6.07) is 4.40. The minimum atomic E-state index is 0. The molecule has 17 heavy (non-hydrogen) atoms. The standard InChI is InChI=1S/C13H22N2S.ClH/c1-2-15(11-13-4-3-9-16-13)10-12-5-7-14-8-6-12;/h3-4,9,12,14H,2,5-8,10-11H2,1H3;1H. The third-order valence-corrected chi connectivity index (χ3v) is 4.24. The third-order valence-electron chi connectivity index (χ3n) is 3.38. The highest BCUT2D eigenvalue weighted by molar-refractivity contribution is 7.09. The van der Waals surface area contributed by atoms with Gasteiger partial charge in [0.05, 0.1) is 0 Å². The molecular formula is C13H23ClN2S. The van der Waals surface area contributed by atoms with Gasteiger partial charge in [0.25, 0.3) is 0 Å². The molecule has 2 heterocycles. The molecule has 0 aromatic carbocycles. The van der Waals surface area contributed by atoms with Crippen molar-refractivity contribution in [3.63, 3.8) is 0 Å². The van der Waals surface area contributed by atoms with Gasteiger partial charge in [-0.25, -0.2) is 0 Å². The van der Waals surface area contributed by atoms with Gasteiger partial charge in [0.2, 0.25) is 0 Å². The molecular weight excluding hydrogens is 252 g/mol. The van der Waals surface area contributed by atoms with Crippen LogP contribution in [0.1, 0.15) is 24.6 Å². The Labute approximate surface area is 115 Å². The maximum Gasteiger partial charge on any atom is 0.0327 e. The highest BCUT2D eigenvalue weighted by atomic mass is 35.5. The number of hydrogen-bond acceptors (Lipinski definition) is 3. The maximum atomic E-state index is 3.44. The SMILES string of the molecule is CCN(Cc1cccs1)CC1CCNCC1.Cl. The number of hydrogen-bond donors (Lipinski definition) is 1.